The molecular weight excluding hydrogens is 214 g/mol. The fraction of sp³-hybridized carbons (Fsp3) is 0.462. The third-order valence-corrected chi connectivity index (χ3v) is 3.32. The lowest BCUT2D eigenvalue weighted by molar-refractivity contribution is 0.353. The molecule has 0 aliphatic carbocycles. The summed E-state index contributed by atoms with van der Waals surface area (Å²) in [5, 5.41) is 3.30. The van der Waals surface area contributed by atoms with Crippen LogP contribution in [0.2, 0.25) is 0 Å². The molecule has 1 aliphatic rings. The van der Waals surface area contributed by atoms with Crippen molar-refractivity contribution in [3.05, 3.63) is 24.1 Å². The third-order valence-electron chi connectivity index (χ3n) is 3.32. The highest BCUT2D eigenvalue weighted by molar-refractivity contribution is 5.77. The molecule has 0 spiro atoms. The van der Waals surface area contributed by atoms with E-state index in [0.717, 1.165) is 42.5 Å². The van der Waals surface area contributed by atoms with Crippen molar-refractivity contribution in [1.29, 1.82) is 0 Å². The minimum Gasteiger partial charge on any atom is -0.441 e. The highest BCUT2D eigenvalue weighted by Gasteiger charge is 2.18. The van der Waals surface area contributed by atoms with E-state index in [0.29, 0.717) is 0 Å². The lowest BCUT2D eigenvalue weighted by atomic mass is 10.0. The van der Waals surface area contributed by atoms with Gasteiger partial charge in [-0.2, -0.15) is 0 Å². The third kappa shape index (κ3) is 2.00. The van der Waals surface area contributed by atoms with Crippen LogP contribution in [0.15, 0.2) is 22.6 Å². The summed E-state index contributed by atoms with van der Waals surface area (Å²) in [6.45, 7) is 5.23. The van der Waals surface area contributed by atoms with E-state index < -0.39 is 0 Å². The lowest BCUT2D eigenvalue weighted by Gasteiger charge is -2.32. The lowest BCUT2D eigenvalue weighted by Crippen LogP contribution is -2.47. The number of hydrogen-bond donors (Lipinski definition) is 1. The molecular formula is C13H17N3O. The second-order valence-electron chi connectivity index (χ2n) is 4.79. The minimum atomic E-state index is 0.725. The number of nitrogens with zero attached hydrogens (tertiary/aromatic N) is 2. The highest BCUT2D eigenvalue weighted by Crippen LogP contribution is 2.23. The maximum Gasteiger partial charge on any atom is 0.192 e. The van der Waals surface area contributed by atoms with E-state index in [9.17, 15) is 0 Å². The summed E-state index contributed by atoms with van der Waals surface area (Å²) in [6.07, 6.45) is 0. The Labute approximate surface area is 101 Å². The fourth-order valence-electron chi connectivity index (χ4n) is 2.24. The number of anilines is 1. The van der Waals surface area contributed by atoms with Gasteiger partial charge in [0, 0.05) is 51.3 Å². The zero-order valence-corrected chi connectivity index (χ0v) is 10.2. The predicted molar refractivity (Wildman–Crippen MR) is 68.4 cm³/mol. The molecule has 0 atom stereocenters. The van der Waals surface area contributed by atoms with Crippen molar-refractivity contribution in [2.45, 2.75) is 6.92 Å². The Morgan fingerprint density at radius 1 is 1.47 bits per heavy atom. The van der Waals surface area contributed by atoms with Gasteiger partial charge in [-0.1, -0.05) is 0 Å². The van der Waals surface area contributed by atoms with E-state index >= 15 is 0 Å². The van der Waals surface area contributed by atoms with Crippen molar-refractivity contribution in [3.8, 4) is 0 Å². The highest BCUT2D eigenvalue weighted by atomic mass is 16.3. The molecule has 4 nitrogen and oxygen atoms in total. The number of aromatic nitrogens is 1. The van der Waals surface area contributed by atoms with Crippen LogP contribution in [0.5, 0.6) is 0 Å². The smallest absolute Gasteiger partial charge is 0.192 e. The molecule has 0 saturated carbocycles. The zero-order chi connectivity index (χ0) is 11.8. The van der Waals surface area contributed by atoms with Crippen molar-refractivity contribution in [2.24, 2.45) is 5.92 Å². The standard InChI is InChI=1S/C13H17N3O/c1-9-15-12-4-3-11(5-13(12)17-9)16(2)8-10-6-14-7-10/h3-5,10,14H,6-8H2,1-2H3. The summed E-state index contributed by atoms with van der Waals surface area (Å²) in [5.41, 5.74) is 3.00. The number of aryl methyl sites for hydroxylation is 1. The van der Waals surface area contributed by atoms with E-state index in [2.05, 4.69) is 34.4 Å². The van der Waals surface area contributed by atoms with Gasteiger partial charge in [0.25, 0.3) is 0 Å². The Morgan fingerprint density at radius 3 is 3.00 bits per heavy atom. The van der Waals surface area contributed by atoms with Crippen molar-refractivity contribution in [3.63, 3.8) is 0 Å². The van der Waals surface area contributed by atoms with Gasteiger partial charge >= 0.3 is 0 Å². The van der Waals surface area contributed by atoms with Gasteiger partial charge in [-0.3, -0.25) is 0 Å². The largest absolute Gasteiger partial charge is 0.441 e. The summed E-state index contributed by atoms with van der Waals surface area (Å²) in [4.78, 5) is 6.59. The Hall–Kier alpha value is -1.55. The molecule has 1 N–H and O–H groups in total. The Bertz CT molecular complexity index is 530. The summed E-state index contributed by atoms with van der Waals surface area (Å²) >= 11 is 0. The first-order chi connectivity index (χ1) is 8.22. The van der Waals surface area contributed by atoms with Crippen LogP contribution in [0.4, 0.5) is 5.69 Å². The molecule has 4 heteroatoms. The predicted octanol–water partition coefficient (Wildman–Crippen LogP) is 1.79. The van der Waals surface area contributed by atoms with Gasteiger partial charge < -0.3 is 14.6 Å². The molecule has 1 saturated heterocycles. The molecule has 2 heterocycles. The first-order valence-corrected chi connectivity index (χ1v) is 6.01. The molecule has 0 radical (unpaired) electrons. The molecule has 0 unspecified atom stereocenters. The van der Waals surface area contributed by atoms with E-state index in [1.54, 1.807) is 0 Å². The maximum atomic E-state index is 5.55. The number of rotatable bonds is 3. The van der Waals surface area contributed by atoms with Gasteiger partial charge in [-0.05, 0) is 12.1 Å². The number of benzene rings is 1. The van der Waals surface area contributed by atoms with E-state index in [4.69, 9.17) is 4.42 Å². The number of oxazole rings is 1. The molecule has 1 aromatic carbocycles. The van der Waals surface area contributed by atoms with Crippen molar-refractivity contribution in [2.75, 3.05) is 31.6 Å². The van der Waals surface area contributed by atoms with Crippen molar-refractivity contribution in [1.82, 2.24) is 10.3 Å². The molecule has 90 valence electrons. The van der Waals surface area contributed by atoms with Gasteiger partial charge in [-0.15, -0.1) is 0 Å². The van der Waals surface area contributed by atoms with Crippen LogP contribution in [0.1, 0.15) is 5.89 Å². The van der Waals surface area contributed by atoms with E-state index in [1.165, 1.54) is 5.69 Å². The van der Waals surface area contributed by atoms with Crippen molar-refractivity contribution < 1.29 is 4.42 Å². The molecule has 1 fully saturated rings. The normalized spacial score (nSPS) is 16.1. The molecule has 17 heavy (non-hydrogen) atoms. The van der Waals surface area contributed by atoms with Gasteiger partial charge in [0.05, 0.1) is 0 Å². The zero-order valence-electron chi connectivity index (χ0n) is 10.2. The first-order valence-electron chi connectivity index (χ1n) is 6.01. The van der Waals surface area contributed by atoms with Gasteiger partial charge in [0.2, 0.25) is 0 Å². The van der Waals surface area contributed by atoms with Gasteiger partial charge in [0.1, 0.15) is 5.52 Å². The number of fused-ring (bicyclic) bond motifs is 1. The topological polar surface area (TPSA) is 41.3 Å². The van der Waals surface area contributed by atoms with Gasteiger partial charge in [-0.25, -0.2) is 4.98 Å². The molecule has 3 rings (SSSR count). The Balaban J connectivity index is 1.83. The van der Waals surface area contributed by atoms with Crippen LogP contribution < -0.4 is 10.2 Å². The van der Waals surface area contributed by atoms with Crippen LogP contribution in [0, 0.1) is 12.8 Å². The fourth-order valence-corrected chi connectivity index (χ4v) is 2.24. The van der Waals surface area contributed by atoms with Crippen LogP contribution in [-0.4, -0.2) is 31.7 Å². The average Bonchev–Trinajstić information content (AvgIpc) is 2.62. The second-order valence-corrected chi connectivity index (χ2v) is 4.79. The number of nitrogens with one attached hydrogen (secondary N) is 1. The average molecular weight is 231 g/mol. The van der Waals surface area contributed by atoms with Crippen LogP contribution in [-0.2, 0) is 0 Å². The first kappa shape index (κ1) is 10.6. The van der Waals surface area contributed by atoms with E-state index in [-0.39, 0.29) is 0 Å². The van der Waals surface area contributed by atoms with Gasteiger partial charge in [0.15, 0.2) is 11.5 Å². The maximum absolute atomic E-state index is 5.55. The van der Waals surface area contributed by atoms with Crippen LogP contribution in [0.3, 0.4) is 0 Å². The summed E-state index contributed by atoms with van der Waals surface area (Å²) in [5.74, 6) is 1.50. The van der Waals surface area contributed by atoms with Crippen LogP contribution >= 0.6 is 0 Å². The number of hydrogen-bond acceptors (Lipinski definition) is 4. The minimum absolute atomic E-state index is 0.725. The van der Waals surface area contributed by atoms with Crippen LogP contribution in [0.25, 0.3) is 11.1 Å². The second kappa shape index (κ2) is 4.04. The van der Waals surface area contributed by atoms with Crippen molar-refractivity contribution >= 4 is 16.8 Å². The molecule has 2 aromatic rings. The van der Waals surface area contributed by atoms with E-state index in [1.807, 2.05) is 13.0 Å². The molecule has 0 bridgehead atoms. The quantitative estimate of drug-likeness (QED) is 0.874. The molecule has 1 aromatic heterocycles. The summed E-state index contributed by atoms with van der Waals surface area (Å²) in [7, 11) is 2.13. The monoisotopic (exact) mass is 231 g/mol. The molecule has 1 aliphatic heterocycles. The molecule has 0 amide bonds. The summed E-state index contributed by atoms with van der Waals surface area (Å²) in [6, 6.07) is 6.20. The SMILES string of the molecule is Cc1nc2ccc(N(C)CC3CNC3)cc2o1. The Kier molecular flexibility index (Phi) is 2.52. The summed E-state index contributed by atoms with van der Waals surface area (Å²) < 4.78 is 5.55. The Morgan fingerprint density at radius 2 is 2.29 bits per heavy atom.